The highest BCUT2D eigenvalue weighted by molar-refractivity contribution is 6.32. The Balaban J connectivity index is 3.32. The molecule has 0 saturated carbocycles. The minimum Gasteiger partial charge on any atom is -0.497 e. The van der Waals surface area contributed by atoms with Gasteiger partial charge in [0.2, 0.25) is 5.70 Å². The van der Waals surface area contributed by atoms with Crippen molar-refractivity contribution in [1.29, 1.82) is 0 Å². The summed E-state index contributed by atoms with van der Waals surface area (Å²) in [5.74, 6) is 0.957. The molecule has 1 rings (SSSR count). The van der Waals surface area contributed by atoms with E-state index in [0.29, 0.717) is 22.1 Å². The van der Waals surface area contributed by atoms with Crippen molar-refractivity contribution in [2.45, 2.75) is 6.92 Å². The molecule has 0 heterocycles. The third-order valence-corrected chi connectivity index (χ3v) is 2.47. The van der Waals surface area contributed by atoms with Crippen molar-refractivity contribution in [3.8, 4) is 11.5 Å². The van der Waals surface area contributed by atoms with Gasteiger partial charge in [0.1, 0.15) is 11.5 Å². The summed E-state index contributed by atoms with van der Waals surface area (Å²) in [6.07, 6.45) is 1.36. The van der Waals surface area contributed by atoms with Gasteiger partial charge in [-0.05, 0) is 6.07 Å². The lowest BCUT2D eigenvalue weighted by molar-refractivity contribution is -0.422. The monoisotopic (exact) mass is 257 g/mol. The van der Waals surface area contributed by atoms with Gasteiger partial charge in [-0.2, -0.15) is 0 Å². The Labute approximate surface area is 104 Å². The molecular weight excluding hydrogens is 246 g/mol. The van der Waals surface area contributed by atoms with E-state index < -0.39 is 4.92 Å². The van der Waals surface area contributed by atoms with Crippen LogP contribution in [0.1, 0.15) is 12.5 Å². The fraction of sp³-hybridized carbons (Fsp3) is 0.273. The summed E-state index contributed by atoms with van der Waals surface area (Å²) in [6, 6.07) is 3.19. The van der Waals surface area contributed by atoms with E-state index in [4.69, 9.17) is 21.1 Å². The Hall–Kier alpha value is -1.75. The van der Waals surface area contributed by atoms with Gasteiger partial charge < -0.3 is 9.47 Å². The molecule has 1 aromatic carbocycles. The number of nitro groups is 1. The number of benzene rings is 1. The molecule has 0 amide bonds. The SMILES string of the molecule is COc1cc(Cl)c(C=C(C)[N+](=O)[O-])c(OC)c1. The van der Waals surface area contributed by atoms with Gasteiger partial charge in [0.05, 0.1) is 24.2 Å². The summed E-state index contributed by atoms with van der Waals surface area (Å²) in [6.45, 7) is 1.39. The zero-order valence-electron chi connectivity index (χ0n) is 9.69. The smallest absolute Gasteiger partial charge is 0.243 e. The second kappa shape index (κ2) is 5.54. The van der Waals surface area contributed by atoms with Crippen LogP contribution < -0.4 is 9.47 Å². The van der Waals surface area contributed by atoms with Crippen LogP contribution in [-0.2, 0) is 0 Å². The highest BCUT2D eigenvalue weighted by Crippen LogP contribution is 2.33. The highest BCUT2D eigenvalue weighted by Gasteiger charge is 2.12. The molecule has 0 aliphatic carbocycles. The fourth-order valence-electron chi connectivity index (χ4n) is 1.26. The van der Waals surface area contributed by atoms with E-state index in [2.05, 4.69) is 0 Å². The van der Waals surface area contributed by atoms with Crippen LogP contribution in [0.3, 0.4) is 0 Å². The predicted molar refractivity (Wildman–Crippen MR) is 65.2 cm³/mol. The quantitative estimate of drug-likeness (QED) is 0.614. The molecule has 0 atom stereocenters. The molecule has 17 heavy (non-hydrogen) atoms. The number of methoxy groups -OCH3 is 2. The van der Waals surface area contributed by atoms with Gasteiger partial charge in [-0.1, -0.05) is 11.6 Å². The summed E-state index contributed by atoms with van der Waals surface area (Å²) in [4.78, 5) is 10.1. The van der Waals surface area contributed by atoms with Gasteiger partial charge in [0, 0.05) is 24.6 Å². The van der Waals surface area contributed by atoms with E-state index in [9.17, 15) is 10.1 Å². The molecule has 0 aromatic heterocycles. The molecule has 0 spiro atoms. The van der Waals surface area contributed by atoms with Crippen molar-refractivity contribution in [3.63, 3.8) is 0 Å². The molecule has 5 nitrogen and oxygen atoms in total. The second-order valence-electron chi connectivity index (χ2n) is 3.27. The minimum absolute atomic E-state index is 0.0182. The molecule has 0 aliphatic rings. The van der Waals surface area contributed by atoms with Crippen molar-refractivity contribution in [1.82, 2.24) is 0 Å². The molecule has 0 N–H and O–H groups in total. The number of hydrogen-bond donors (Lipinski definition) is 0. The first kappa shape index (κ1) is 13.3. The average molecular weight is 258 g/mol. The first-order valence-corrected chi connectivity index (χ1v) is 5.11. The summed E-state index contributed by atoms with van der Waals surface area (Å²) < 4.78 is 10.1. The van der Waals surface area contributed by atoms with Crippen molar-refractivity contribution >= 4 is 17.7 Å². The lowest BCUT2D eigenvalue weighted by Crippen LogP contribution is -1.96. The van der Waals surface area contributed by atoms with E-state index in [1.54, 1.807) is 12.1 Å². The Bertz CT molecular complexity index is 471. The summed E-state index contributed by atoms with van der Waals surface area (Å²) in [5.41, 5.74) is 0.444. The Morgan fingerprint density at radius 2 is 2.06 bits per heavy atom. The summed E-state index contributed by atoms with van der Waals surface area (Å²) >= 11 is 6.01. The van der Waals surface area contributed by atoms with Gasteiger partial charge in [-0.3, -0.25) is 10.1 Å². The van der Waals surface area contributed by atoms with Crippen LogP contribution in [0.25, 0.3) is 6.08 Å². The van der Waals surface area contributed by atoms with Gasteiger partial charge in [-0.25, -0.2) is 0 Å². The topological polar surface area (TPSA) is 61.6 Å². The molecule has 0 aliphatic heterocycles. The Morgan fingerprint density at radius 1 is 1.41 bits per heavy atom. The molecule has 0 saturated heterocycles. The van der Waals surface area contributed by atoms with E-state index in [1.807, 2.05) is 0 Å². The number of rotatable bonds is 4. The van der Waals surface area contributed by atoms with Crippen LogP contribution in [0.15, 0.2) is 17.8 Å². The number of nitrogens with zero attached hydrogens (tertiary/aromatic N) is 1. The van der Waals surface area contributed by atoms with Gasteiger partial charge in [0.15, 0.2) is 0 Å². The maximum Gasteiger partial charge on any atom is 0.243 e. The van der Waals surface area contributed by atoms with Crippen LogP contribution in [0, 0.1) is 10.1 Å². The van der Waals surface area contributed by atoms with Gasteiger partial charge in [0.25, 0.3) is 0 Å². The molecule has 0 bridgehead atoms. The van der Waals surface area contributed by atoms with E-state index >= 15 is 0 Å². The minimum atomic E-state index is -0.486. The van der Waals surface area contributed by atoms with Crippen molar-refractivity contribution in [2.75, 3.05) is 14.2 Å². The molecule has 0 fully saturated rings. The van der Waals surface area contributed by atoms with Crippen molar-refractivity contribution < 1.29 is 14.4 Å². The van der Waals surface area contributed by atoms with Gasteiger partial charge in [-0.15, -0.1) is 0 Å². The largest absolute Gasteiger partial charge is 0.497 e. The lowest BCUT2D eigenvalue weighted by Gasteiger charge is -2.09. The Morgan fingerprint density at radius 3 is 2.53 bits per heavy atom. The highest BCUT2D eigenvalue weighted by atomic mass is 35.5. The third-order valence-electron chi connectivity index (χ3n) is 2.16. The molecule has 0 unspecified atom stereocenters. The first-order valence-electron chi connectivity index (χ1n) is 4.73. The number of ether oxygens (including phenoxy) is 2. The number of allylic oxidation sites excluding steroid dienone is 1. The summed E-state index contributed by atoms with van der Waals surface area (Å²) in [7, 11) is 2.97. The number of halogens is 1. The maximum absolute atomic E-state index is 10.6. The fourth-order valence-corrected chi connectivity index (χ4v) is 1.51. The lowest BCUT2D eigenvalue weighted by atomic mass is 10.1. The van der Waals surface area contributed by atoms with Crippen LogP contribution in [0.2, 0.25) is 5.02 Å². The molecule has 1 aromatic rings. The first-order chi connectivity index (χ1) is 7.99. The Kier molecular flexibility index (Phi) is 4.34. The van der Waals surface area contributed by atoms with E-state index in [0.717, 1.165) is 0 Å². The number of hydrogen-bond acceptors (Lipinski definition) is 4. The summed E-state index contributed by atoms with van der Waals surface area (Å²) in [5, 5.41) is 10.9. The molecule has 92 valence electrons. The normalized spacial score (nSPS) is 11.2. The van der Waals surface area contributed by atoms with E-state index in [-0.39, 0.29) is 5.70 Å². The molecular formula is C11H12ClNO4. The van der Waals surface area contributed by atoms with Gasteiger partial charge >= 0.3 is 0 Å². The second-order valence-corrected chi connectivity index (χ2v) is 3.68. The standard InChI is InChI=1S/C11H12ClNO4/c1-7(13(14)15)4-9-10(12)5-8(16-2)6-11(9)17-3/h4-6H,1-3H3. The van der Waals surface area contributed by atoms with Crippen LogP contribution in [0.5, 0.6) is 11.5 Å². The van der Waals surface area contributed by atoms with Crippen LogP contribution >= 0.6 is 11.6 Å². The van der Waals surface area contributed by atoms with Crippen LogP contribution in [-0.4, -0.2) is 19.1 Å². The average Bonchev–Trinajstić information content (AvgIpc) is 2.30. The van der Waals surface area contributed by atoms with E-state index in [1.165, 1.54) is 27.2 Å². The van der Waals surface area contributed by atoms with Crippen molar-refractivity contribution in [2.24, 2.45) is 0 Å². The zero-order valence-corrected chi connectivity index (χ0v) is 10.4. The predicted octanol–water partition coefficient (Wildman–Crippen LogP) is 2.99. The maximum atomic E-state index is 10.6. The van der Waals surface area contributed by atoms with Crippen molar-refractivity contribution in [3.05, 3.63) is 38.5 Å². The zero-order chi connectivity index (χ0) is 13.0. The van der Waals surface area contributed by atoms with Crippen LogP contribution in [0.4, 0.5) is 0 Å². The molecule has 6 heteroatoms. The molecule has 0 radical (unpaired) electrons. The third kappa shape index (κ3) is 3.10.